The van der Waals surface area contributed by atoms with Gasteiger partial charge in [-0.1, -0.05) is 152 Å². The van der Waals surface area contributed by atoms with Crippen molar-refractivity contribution in [2.45, 2.75) is 0 Å². The fourth-order valence-corrected chi connectivity index (χ4v) is 11.5. The van der Waals surface area contributed by atoms with Crippen molar-refractivity contribution >= 4 is 87.6 Å². The molecule has 5 heterocycles. The van der Waals surface area contributed by atoms with E-state index >= 15 is 0 Å². The van der Waals surface area contributed by atoms with Crippen LogP contribution in [0.1, 0.15) is 0 Å². The molecule has 16 rings (SSSR count). The Balaban J connectivity index is 0.822. The normalized spacial score (nSPS) is 11.9. The molecule has 0 bridgehead atoms. The molecule has 11 aromatic carbocycles. The standard InChI is InChI=1S/C69H40N4O3/c1-4-14-41(15-5-1)43-28-33-59-54(37-43)51-31-26-47(40-64(51)76-59)68-70-67(42-16-6-2-7-17-42)71-69(72-68)52-22-13-25-63-66(52)56-39-46(30-35-61(56)75-63)49-21-12-24-62-65(49)55-38-45(29-34-60(55)74-62)44-27-32-58-53(36-44)50-20-10-11-23-57(50)73(58)48-18-8-3-9-19-48/h1-40H. The van der Waals surface area contributed by atoms with E-state index in [2.05, 4.69) is 193 Å². The lowest BCUT2D eigenvalue weighted by atomic mass is 9.95. The van der Waals surface area contributed by atoms with Gasteiger partial charge in [0.15, 0.2) is 17.5 Å². The fourth-order valence-electron chi connectivity index (χ4n) is 11.5. The summed E-state index contributed by atoms with van der Waals surface area (Å²) in [5.74, 6) is 1.65. The van der Waals surface area contributed by atoms with Gasteiger partial charge in [0.2, 0.25) is 0 Å². The maximum absolute atomic E-state index is 6.64. The third-order valence-electron chi connectivity index (χ3n) is 15.1. The van der Waals surface area contributed by atoms with Gasteiger partial charge in [0.05, 0.1) is 11.0 Å². The summed E-state index contributed by atoms with van der Waals surface area (Å²) in [5, 5.41) is 8.50. The molecule has 0 spiro atoms. The molecule has 0 atom stereocenters. The third kappa shape index (κ3) is 6.66. The first-order chi connectivity index (χ1) is 37.6. The maximum atomic E-state index is 6.64. The molecule has 0 unspecified atom stereocenters. The lowest BCUT2D eigenvalue weighted by molar-refractivity contribution is 0.668. The second kappa shape index (κ2) is 16.6. The first kappa shape index (κ1) is 42.2. The highest BCUT2D eigenvalue weighted by molar-refractivity contribution is 6.17. The molecule has 0 amide bonds. The summed E-state index contributed by atoms with van der Waals surface area (Å²) in [6.07, 6.45) is 0. The van der Waals surface area contributed by atoms with E-state index in [0.29, 0.717) is 17.5 Å². The Kier molecular flexibility index (Phi) is 9.20. The molecule has 0 N–H and O–H groups in total. The number of furan rings is 3. The minimum atomic E-state index is 0.540. The Hall–Kier alpha value is -10.4. The monoisotopic (exact) mass is 972 g/mol. The minimum absolute atomic E-state index is 0.540. The summed E-state index contributed by atoms with van der Waals surface area (Å²) in [7, 11) is 0. The van der Waals surface area contributed by atoms with Crippen molar-refractivity contribution in [2.24, 2.45) is 0 Å². The van der Waals surface area contributed by atoms with E-state index in [4.69, 9.17) is 28.2 Å². The van der Waals surface area contributed by atoms with Gasteiger partial charge in [-0.25, -0.2) is 15.0 Å². The second-order valence-corrected chi connectivity index (χ2v) is 19.5. The predicted molar refractivity (Wildman–Crippen MR) is 309 cm³/mol. The van der Waals surface area contributed by atoms with E-state index in [-0.39, 0.29) is 0 Å². The molecule has 0 radical (unpaired) electrons. The van der Waals surface area contributed by atoms with E-state index in [9.17, 15) is 0 Å². The van der Waals surface area contributed by atoms with Crippen LogP contribution in [0.3, 0.4) is 0 Å². The highest BCUT2D eigenvalue weighted by Crippen LogP contribution is 2.44. The molecule has 76 heavy (non-hydrogen) atoms. The molecular weight excluding hydrogens is 933 g/mol. The van der Waals surface area contributed by atoms with Crippen LogP contribution in [0.5, 0.6) is 0 Å². The Morgan fingerprint density at radius 3 is 1.49 bits per heavy atom. The number of fused-ring (bicyclic) bond motifs is 12. The molecule has 0 aliphatic rings. The highest BCUT2D eigenvalue weighted by atomic mass is 16.3. The molecule has 7 heteroatoms. The van der Waals surface area contributed by atoms with E-state index < -0.39 is 0 Å². The number of hydrogen-bond donors (Lipinski definition) is 0. The predicted octanol–water partition coefficient (Wildman–Crippen LogP) is 18.7. The molecule has 5 aromatic heterocycles. The number of para-hydroxylation sites is 2. The molecule has 7 nitrogen and oxygen atoms in total. The molecule has 354 valence electrons. The largest absolute Gasteiger partial charge is 0.456 e. The number of benzene rings is 11. The van der Waals surface area contributed by atoms with Crippen molar-refractivity contribution in [1.82, 2.24) is 19.5 Å². The Morgan fingerprint density at radius 2 is 0.750 bits per heavy atom. The fraction of sp³-hybridized carbons (Fsp3) is 0. The van der Waals surface area contributed by atoms with Crippen molar-refractivity contribution in [2.75, 3.05) is 0 Å². The van der Waals surface area contributed by atoms with Crippen molar-refractivity contribution in [3.63, 3.8) is 0 Å². The summed E-state index contributed by atoms with van der Waals surface area (Å²) in [6, 6.07) is 84.6. The molecule has 0 saturated carbocycles. The van der Waals surface area contributed by atoms with Crippen LogP contribution < -0.4 is 0 Å². The molecule has 0 saturated heterocycles. The van der Waals surface area contributed by atoms with Crippen LogP contribution in [0.4, 0.5) is 0 Å². The quantitative estimate of drug-likeness (QED) is 0.158. The van der Waals surface area contributed by atoms with Crippen molar-refractivity contribution in [3.8, 4) is 73.2 Å². The van der Waals surface area contributed by atoms with E-state index in [1.807, 2.05) is 54.6 Å². The molecular formula is C69H40N4O3. The Bertz CT molecular complexity index is 4990. The minimum Gasteiger partial charge on any atom is -0.456 e. The van der Waals surface area contributed by atoms with Crippen LogP contribution in [0, 0.1) is 0 Å². The topological polar surface area (TPSA) is 83.0 Å². The lowest BCUT2D eigenvalue weighted by Gasteiger charge is -2.09. The average Bonchev–Trinajstić information content (AvgIpc) is 4.29. The second-order valence-electron chi connectivity index (χ2n) is 19.5. The molecule has 16 aromatic rings. The van der Waals surface area contributed by atoms with Gasteiger partial charge in [-0.05, 0) is 124 Å². The number of aromatic nitrogens is 4. The maximum Gasteiger partial charge on any atom is 0.164 e. The van der Waals surface area contributed by atoms with Crippen molar-refractivity contribution in [3.05, 3.63) is 243 Å². The number of rotatable bonds is 7. The lowest BCUT2D eigenvalue weighted by Crippen LogP contribution is -2.00. The zero-order chi connectivity index (χ0) is 49.8. The molecule has 0 fully saturated rings. The summed E-state index contributed by atoms with van der Waals surface area (Å²) < 4.78 is 22.1. The first-order valence-electron chi connectivity index (χ1n) is 25.5. The van der Waals surface area contributed by atoms with Crippen molar-refractivity contribution in [1.29, 1.82) is 0 Å². The Labute approximate surface area is 434 Å². The third-order valence-corrected chi connectivity index (χ3v) is 15.1. The first-order valence-corrected chi connectivity index (χ1v) is 25.5. The van der Waals surface area contributed by atoms with Crippen LogP contribution in [-0.4, -0.2) is 19.5 Å². The van der Waals surface area contributed by atoms with Crippen LogP contribution in [-0.2, 0) is 0 Å². The zero-order valence-electron chi connectivity index (χ0n) is 40.6. The number of nitrogens with zero attached hydrogens (tertiary/aromatic N) is 4. The van der Waals surface area contributed by atoms with Crippen LogP contribution in [0.2, 0.25) is 0 Å². The van der Waals surface area contributed by atoms with E-state index in [0.717, 1.165) is 122 Å². The molecule has 0 aliphatic carbocycles. The highest BCUT2D eigenvalue weighted by Gasteiger charge is 2.22. The SMILES string of the molecule is c1ccc(-c2ccc3oc4cc(-c5nc(-c6ccccc6)nc(-c6cccc7oc8ccc(-c9cccc%10oc%11ccc(-c%12ccc%13c(c%12)c%12ccccc%12n%13-c%12ccccc%12)cc%11c9%10)cc8c67)n5)ccc4c3c2)cc1. The van der Waals surface area contributed by atoms with Gasteiger partial charge in [0.25, 0.3) is 0 Å². The van der Waals surface area contributed by atoms with Gasteiger partial charge in [0, 0.05) is 65.5 Å². The van der Waals surface area contributed by atoms with Crippen LogP contribution in [0.25, 0.3) is 161 Å². The van der Waals surface area contributed by atoms with Gasteiger partial charge in [-0.2, -0.15) is 0 Å². The van der Waals surface area contributed by atoms with Gasteiger partial charge >= 0.3 is 0 Å². The van der Waals surface area contributed by atoms with E-state index in [1.165, 1.54) is 21.8 Å². The number of hydrogen-bond acceptors (Lipinski definition) is 6. The van der Waals surface area contributed by atoms with Gasteiger partial charge < -0.3 is 17.8 Å². The van der Waals surface area contributed by atoms with Gasteiger partial charge in [-0.3, -0.25) is 0 Å². The zero-order valence-corrected chi connectivity index (χ0v) is 40.6. The summed E-state index contributed by atoms with van der Waals surface area (Å²) in [5.41, 5.74) is 17.5. The molecule has 0 aliphatic heterocycles. The van der Waals surface area contributed by atoms with Crippen LogP contribution in [0.15, 0.2) is 256 Å². The summed E-state index contributed by atoms with van der Waals surface area (Å²) in [6.45, 7) is 0. The summed E-state index contributed by atoms with van der Waals surface area (Å²) >= 11 is 0. The summed E-state index contributed by atoms with van der Waals surface area (Å²) in [4.78, 5) is 15.6. The van der Waals surface area contributed by atoms with Crippen LogP contribution >= 0.6 is 0 Å². The van der Waals surface area contributed by atoms with Gasteiger partial charge in [0.1, 0.15) is 33.5 Å². The Morgan fingerprint density at radius 1 is 0.250 bits per heavy atom. The smallest absolute Gasteiger partial charge is 0.164 e. The van der Waals surface area contributed by atoms with Crippen molar-refractivity contribution < 1.29 is 13.3 Å². The van der Waals surface area contributed by atoms with Gasteiger partial charge in [-0.15, -0.1) is 0 Å². The van der Waals surface area contributed by atoms with E-state index in [1.54, 1.807) is 0 Å². The average molecular weight is 973 g/mol.